The smallest absolute Gasteiger partial charge is 0.288 e. The number of halogens is 4. The van der Waals surface area contributed by atoms with Gasteiger partial charge in [-0.05, 0) is 40.5 Å². The molecule has 0 N–H and O–H groups in total. The average molecular weight is 344 g/mol. The zero-order valence-electron chi connectivity index (χ0n) is 10.3. The third kappa shape index (κ3) is 2.75. The predicted octanol–water partition coefficient (Wildman–Crippen LogP) is 4.40. The Morgan fingerprint density at radius 2 is 1.90 bits per heavy atom. The van der Waals surface area contributed by atoms with E-state index in [1.54, 1.807) is 19.1 Å². The molecule has 20 heavy (non-hydrogen) atoms. The van der Waals surface area contributed by atoms with Crippen molar-refractivity contribution >= 4 is 21.7 Å². The van der Waals surface area contributed by atoms with Crippen LogP contribution < -0.4 is 0 Å². The molecule has 0 spiro atoms. The molecule has 104 valence electrons. The Kier molecular flexibility index (Phi) is 3.94. The van der Waals surface area contributed by atoms with Gasteiger partial charge in [0.15, 0.2) is 5.78 Å². The van der Waals surface area contributed by atoms with E-state index < -0.39 is 23.1 Å². The molecule has 1 aromatic carbocycles. The minimum atomic E-state index is -4.59. The normalized spacial score (nSPS) is 11.4. The van der Waals surface area contributed by atoms with Gasteiger partial charge in [-0.25, -0.2) is 0 Å². The van der Waals surface area contributed by atoms with Crippen LogP contribution in [0.4, 0.5) is 13.2 Å². The number of benzene rings is 1. The van der Waals surface area contributed by atoms with E-state index in [0.29, 0.717) is 4.47 Å². The van der Waals surface area contributed by atoms with Gasteiger partial charge in [-0.15, -0.1) is 0 Å². The average Bonchev–Trinajstić information content (AvgIpc) is 2.40. The Labute approximate surface area is 121 Å². The van der Waals surface area contributed by atoms with Gasteiger partial charge >= 0.3 is 6.18 Å². The van der Waals surface area contributed by atoms with Crippen LogP contribution in [0.3, 0.4) is 0 Å². The van der Waals surface area contributed by atoms with Crippen molar-refractivity contribution in [2.24, 2.45) is 0 Å². The lowest BCUT2D eigenvalue weighted by Gasteiger charge is -2.12. The zero-order chi connectivity index (χ0) is 14.9. The molecule has 1 aromatic heterocycles. The summed E-state index contributed by atoms with van der Waals surface area (Å²) in [7, 11) is 0. The zero-order valence-corrected chi connectivity index (χ0v) is 11.9. The standard InChI is InChI=1S/C14H9BrF3NO/c1-8-3-2-4-9(12(8)15)13(20)10-7-19-6-5-11(10)14(16,17)18/h2-7H,1H3. The lowest BCUT2D eigenvalue weighted by Crippen LogP contribution is -2.14. The first kappa shape index (κ1) is 14.7. The molecule has 2 nitrogen and oxygen atoms in total. The molecule has 1 heterocycles. The molecule has 0 aliphatic carbocycles. The molecule has 0 unspecified atom stereocenters. The summed E-state index contributed by atoms with van der Waals surface area (Å²) in [5.41, 5.74) is -0.478. The maximum Gasteiger partial charge on any atom is 0.417 e. The van der Waals surface area contributed by atoms with Crippen LogP contribution in [-0.2, 0) is 6.18 Å². The Bertz CT molecular complexity index is 668. The fourth-order valence-corrected chi connectivity index (χ4v) is 2.23. The third-order valence-corrected chi connectivity index (χ3v) is 3.86. The Morgan fingerprint density at radius 1 is 1.20 bits per heavy atom. The fourth-order valence-electron chi connectivity index (χ4n) is 1.79. The molecule has 0 aliphatic rings. The molecule has 0 aliphatic heterocycles. The number of carbonyl (C=O) groups is 1. The number of pyridine rings is 1. The van der Waals surface area contributed by atoms with Gasteiger partial charge in [0.1, 0.15) is 0 Å². The number of nitrogens with zero attached hydrogens (tertiary/aromatic N) is 1. The number of ketones is 1. The predicted molar refractivity (Wildman–Crippen MR) is 71.6 cm³/mol. The third-order valence-electron chi connectivity index (χ3n) is 2.81. The number of aromatic nitrogens is 1. The van der Waals surface area contributed by atoms with Gasteiger partial charge in [0.2, 0.25) is 0 Å². The largest absolute Gasteiger partial charge is 0.417 e. The van der Waals surface area contributed by atoms with E-state index in [9.17, 15) is 18.0 Å². The number of alkyl halides is 3. The first-order valence-corrected chi connectivity index (χ1v) is 6.42. The van der Waals surface area contributed by atoms with Gasteiger partial charge in [0.25, 0.3) is 0 Å². The number of hydrogen-bond donors (Lipinski definition) is 0. The molecule has 0 bridgehead atoms. The summed E-state index contributed by atoms with van der Waals surface area (Å²) >= 11 is 3.23. The summed E-state index contributed by atoms with van der Waals surface area (Å²) in [4.78, 5) is 15.9. The van der Waals surface area contributed by atoms with Crippen LogP contribution in [0.5, 0.6) is 0 Å². The van der Waals surface area contributed by atoms with Crippen molar-refractivity contribution < 1.29 is 18.0 Å². The summed E-state index contributed by atoms with van der Waals surface area (Å²) < 4.78 is 39.2. The first-order chi connectivity index (χ1) is 9.32. The summed E-state index contributed by atoms with van der Waals surface area (Å²) in [5, 5.41) is 0. The molecule has 6 heteroatoms. The maximum atomic E-state index is 12.9. The van der Waals surface area contributed by atoms with Gasteiger partial charge in [-0.3, -0.25) is 9.78 Å². The Balaban J connectivity index is 2.58. The van der Waals surface area contributed by atoms with E-state index in [0.717, 1.165) is 24.0 Å². The Morgan fingerprint density at radius 3 is 2.55 bits per heavy atom. The lowest BCUT2D eigenvalue weighted by molar-refractivity contribution is -0.137. The van der Waals surface area contributed by atoms with Crippen LogP contribution >= 0.6 is 15.9 Å². The number of hydrogen-bond acceptors (Lipinski definition) is 2. The number of aryl methyl sites for hydroxylation is 1. The molecule has 2 rings (SSSR count). The topological polar surface area (TPSA) is 30.0 Å². The highest BCUT2D eigenvalue weighted by molar-refractivity contribution is 9.10. The van der Waals surface area contributed by atoms with Crippen LogP contribution in [-0.4, -0.2) is 10.8 Å². The van der Waals surface area contributed by atoms with E-state index in [1.165, 1.54) is 6.07 Å². The van der Waals surface area contributed by atoms with Crippen LogP contribution in [0.2, 0.25) is 0 Å². The van der Waals surface area contributed by atoms with E-state index in [-0.39, 0.29) is 5.56 Å². The molecular formula is C14H9BrF3NO. The molecule has 0 atom stereocenters. The molecule has 2 aromatic rings. The van der Waals surface area contributed by atoms with Crippen molar-refractivity contribution in [3.63, 3.8) is 0 Å². The highest BCUT2D eigenvalue weighted by Crippen LogP contribution is 2.33. The summed E-state index contributed by atoms with van der Waals surface area (Å²) in [6, 6.07) is 5.66. The lowest BCUT2D eigenvalue weighted by atomic mass is 9.99. The van der Waals surface area contributed by atoms with Crippen LogP contribution in [0, 0.1) is 6.92 Å². The fraction of sp³-hybridized carbons (Fsp3) is 0.143. The summed E-state index contributed by atoms with van der Waals surface area (Å²) in [6.45, 7) is 1.76. The van der Waals surface area contributed by atoms with Crippen molar-refractivity contribution in [3.05, 3.63) is 63.4 Å². The second-order valence-corrected chi connectivity index (χ2v) is 4.98. The van der Waals surface area contributed by atoms with Crippen molar-refractivity contribution in [1.29, 1.82) is 0 Å². The molecule has 0 saturated heterocycles. The molecule has 0 amide bonds. The first-order valence-electron chi connectivity index (χ1n) is 5.63. The van der Waals surface area contributed by atoms with E-state index >= 15 is 0 Å². The van der Waals surface area contributed by atoms with E-state index in [4.69, 9.17) is 0 Å². The van der Waals surface area contributed by atoms with Gasteiger partial charge in [-0.1, -0.05) is 12.1 Å². The van der Waals surface area contributed by atoms with Crippen LogP contribution in [0.1, 0.15) is 27.0 Å². The highest BCUT2D eigenvalue weighted by Gasteiger charge is 2.35. The summed E-state index contributed by atoms with van der Waals surface area (Å²) in [5.74, 6) is -0.707. The second kappa shape index (κ2) is 5.36. The Hall–Kier alpha value is -1.69. The SMILES string of the molecule is Cc1cccc(C(=O)c2cnccc2C(F)(F)F)c1Br. The van der Waals surface area contributed by atoms with Crippen molar-refractivity contribution in [1.82, 2.24) is 4.98 Å². The van der Waals surface area contributed by atoms with E-state index in [2.05, 4.69) is 20.9 Å². The molecule has 0 radical (unpaired) electrons. The minimum Gasteiger partial charge on any atom is -0.288 e. The highest BCUT2D eigenvalue weighted by atomic mass is 79.9. The van der Waals surface area contributed by atoms with Gasteiger partial charge in [0.05, 0.1) is 11.1 Å². The number of rotatable bonds is 2. The van der Waals surface area contributed by atoms with Gasteiger partial charge in [0, 0.05) is 22.4 Å². The van der Waals surface area contributed by atoms with Crippen molar-refractivity contribution in [3.8, 4) is 0 Å². The second-order valence-electron chi connectivity index (χ2n) is 4.18. The molecule has 0 saturated carbocycles. The van der Waals surface area contributed by atoms with E-state index in [1.807, 2.05) is 0 Å². The van der Waals surface area contributed by atoms with Crippen LogP contribution in [0.15, 0.2) is 41.1 Å². The van der Waals surface area contributed by atoms with Gasteiger partial charge < -0.3 is 0 Å². The quantitative estimate of drug-likeness (QED) is 0.756. The molecular weight excluding hydrogens is 335 g/mol. The number of carbonyl (C=O) groups excluding carboxylic acids is 1. The van der Waals surface area contributed by atoms with Crippen LogP contribution in [0.25, 0.3) is 0 Å². The summed E-state index contributed by atoms with van der Waals surface area (Å²) in [6.07, 6.45) is -2.63. The van der Waals surface area contributed by atoms with Crippen molar-refractivity contribution in [2.45, 2.75) is 13.1 Å². The maximum absolute atomic E-state index is 12.9. The monoisotopic (exact) mass is 343 g/mol. The minimum absolute atomic E-state index is 0.184. The van der Waals surface area contributed by atoms with Crippen molar-refractivity contribution in [2.75, 3.05) is 0 Å². The molecule has 0 fully saturated rings. The van der Waals surface area contributed by atoms with Gasteiger partial charge in [-0.2, -0.15) is 13.2 Å².